The van der Waals surface area contributed by atoms with Crippen molar-refractivity contribution in [3.63, 3.8) is 0 Å². The second-order valence-corrected chi connectivity index (χ2v) is 3.12. The lowest BCUT2D eigenvalue weighted by molar-refractivity contribution is 0.0697. The molecule has 2 heteroatoms. The van der Waals surface area contributed by atoms with Crippen molar-refractivity contribution in [3.05, 3.63) is 41.5 Å². The van der Waals surface area contributed by atoms with Crippen LogP contribution in [0.3, 0.4) is 0 Å². The molecule has 0 amide bonds. The second kappa shape index (κ2) is 3.44. The summed E-state index contributed by atoms with van der Waals surface area (Å²) >= 11 is 0. The molecule has 0 saturated heterocycles. The zero-order valence-electron chi connectivity index (χ0n) is 7.79. The van der Waals surface area contributed by atoms with E-state index in [-0.39, 0.29) is 0 Å². The number of allylic oxidation sites excluding steroid dienone is 1. The van der Waals surface area contributed by atoms with Gasteiger partial charge in [-0.2, -0.15) is 0 Å². The minimum absolute atomic E-state index is 0.322. The number of hydrogen-bond donors (Lipinski definition) is 1. The van der Waals surface area contributed by atoms with E-state index in [0.29, 0.717) is 5.56 Å². The molecular formula is C11H12O2. The van der Waals surface area contributed by atoms with E-state index in [9.17, 15) is 4.79 Å². The summed E-state index contributed by atoms with van der Waals surface area (Å²) in [6.07, 6.45) is 0. The maximum atomic E-state index is 10.6. The lowest BCUT2D eigenvalue weighted by Crippen LogP contribution is -1.97. The third-order valence-corrected chi connectivity index (χ3v) is 1.93. The van der Waals surface area contributed by atoms with Gasteiger partial charge in [0, 0.05) is 0 Å². The lowest BCUT2D eigenvalue weighted by atomic mass is 10.0. The van der Waals surface area contributed by atoms with Crippen molar-refractivity contribution in [2.24, 2.45) is 0 Å². The number of benzene rings is 1. The van der Waals surface area contributed by atoms with E-state index >= 15 is 0 Å². The number of aromatic carboxylic acids is 1. The van der Waals surface area contributed by atoms with Gasteiger partial charge in [-0.3, -0.25) is 0 Å². The van der Waals surface area contributed by atoms with Gasteiger partial charge in [-0.25, -0.2) is 4.79 Å². The van der Waals surface area contributed by atoms with Crippen LogP contribution in [0.1, 0.15) is 28.4 Å². The van der Waals surface area contributed by atoms with Crippen molar-refractivity contribution in [2.75, 3.05) is 0 Å². The topological polar surface area (TPSA) is 37.3 Å². The summed E-state index contributed by atoms with van der Waals surface area (Å²) in [6, 6.07) is 5.05. The summed E-state index contributed by atoms with van der Waals surface area (Å²) in [4.78, 5) is 10.6. The van der Waals surface area contributed by atoms with Crippen LogP contribution in [0.4, 0.5) is 0 Å². The fraction of sp³-hybridized carbons (Fsp3) is 0.182. The Hall–Kier alpha value is -1.57. The Bertz CT molecular complexity index is 364. The molecule has 0 heterocycles. The molecule has 0 saturated carbocycles. The van der Waals surface area contributed by atoms with E-state index in [0.717, 1.165) is 16.7 Å². The van der Waals surface area contributed by atoms with Crippen LogP contribution in [0.2, 0.25) is 0 Å². The molecule has 13 heavy (non-hydrogen) atoms. The van der Waals surface area contributed by atoms with Gasteiger partial charge in [-0.1, -0.05) is 18.2 Å². The van der Waals surface area contributed by atoms with E-state index < -0.39 is 5.97 Å². The van der Waals surface area contributed by atoms with E-state index in [1.807, 2.05) is 13.8 Å². The highest BCUT2D eigenvalue weighted by Crippen LogP contribution is 2.17. The zero-order valence-corrected chi connectivity index (χ0v) is 7.79. The average Bonchev–Trinajstić information content (AvgIpc) is 2.03. The molecule has 0 aliphatic carbocycles. The highest BCUT2D eigenvalue weighted by Gasteiger charge is 2.05. The normalized spacial score (nSPS) is 9.69. The summed E-state index contributed by atoms with van der Waals surface area (Å²) in [5.74, 6) is -0.892. The molecule has 0 aliphatic rings. The fourth-order valence-corrected chi connectivity index (χ4v) is 1.28. The minimum atomic E-state index is -0.892. The Morgan fingerprint density at radius 2 is 2.08 bits per heavy atom. The smallest absolute Gasteiger partial charge is 0.335 e. The van der Waals surface area contributed by atoms with Crippen molar-refractivity contribution in [1.29, 1.82) is 0 Å². The Morgan fingerprint density at radius 3 is 2.46 bits per heavy atom. The summed E-state index contributed by atoms with van der Waals surface area (Å²) in [6.45, 7) is 7.60. The number of hydrogen-bond acceptors (Lipinski definition) is 1. The van der Waals surface area contributed by atoms with Gasteiger partial charge in [0.15, 0.2) is 0 Å². The molecule has 2 nitrogen and oxygen atoms in total. The van der Waals surface area contributed by atoms with Crippen molar-refractivity contribution in [3.8, 4) is 0 Å². The predicted octanol–water partition coefficient (Wildman–Crippen LogP) is 2.73. The van der Waals surface area contributed by atoms with E-state index in [1.165, 1.54) is 0 Å². The van der Waals surface area contributed by atoms with Gasteiger partial charge in [0.2, 0.25) is 0 Å². The first kappa shape index (κ1) is 9.52. The molecule has 1 aromatic carbocycles. The summed E-state index contributed by atoms with van der Waals surface area (Å²) in [7, 11) is 0. The molecule has 0 atom stereocenters. The summed E-state index contributed by atoms with van der Waals surface area (Å²) in [5, 5.41) is 8.72. The molecular weight excluding hydrogens is 164 g/mol. The van der Waals surface area contributed by atoms with Crippen LogP contribution >= 0.6 is 0 Å². The fourth-order valence-electron chi connectivity index (χ4n) is 1.28. The average molecular weight is 176 g/mol. The van der Waals surface area contributed by atoms with Crippen LogP contribution < -0.4 is 0 Å². The van der Waals surface area contributed by atoms with Gasteiger partial charge in [-0.05, 0) is 37.1 Å². The van der Waals surface area contributed by atoms with Crippen LogP contribution in [0.15, 0.2) is 24.8 Å². The Morgan fingerprint density at radius 1 is 1.46 bits per heavy atom. The molecule has 1 N–H and O–H groups in total. The molecule has 0 aliphatic heterocycles. The molecule has 0 radical (unpaired) electrons. The lowest BCUT2D eigenvalue weighted by Gasteiger charge is -2.05. The number of rotatable bonds is 2. The summed E-state index contributed by atoms with van der Waals surface area (Å²) < 4.78 is 0. The minimum Gasteiger partial charge on any atom is -0.478 e. The van der Waals surface area contributed by atoms with Gasteiger partial charge in [0.05, 0.1) is 5.56 Å². The summed E-state index contributed by atoms with van der Waals surface area (Å²) in [5.41, 5.74) is 3.24. The standard InChI is InChI=1S/C11H12O2/c1-7(2)10-5-4-9(11(12)13)6-8(10)3/h4-6H,1H2,2-3H3,(H,12,13). The van der Waals surface area contributed by atoms with Gasteiger partial charge >= 0.3 is 5.97 Å². The van der Waals surface area contributed by atoms with Crippen molar-refractivity contribution in [2.45, 2.75) is 13.8 Å². The molecule has 1 aromatic rings. The first-order valence-electron chi connectivity index (χ1n) is 4.02. The molecule has 1 rings (SSSR count). The first-order chi connectivity index (χ1) is 6.02. The predicted molar refractivity (Wildman–Crippen MR) is 52.8 cm³/mol. The largest absolute Gasteiger partial charge is 0.478 e. The van der Waals surface area contributed by atoms with Gasteiger partial charge in [0.25, 0.3) is 0 Å². The quantitative estimate of drug-likeness (QED) is 0.752. The van der Waals surface area contributed by atoms with Gasteiger partial charge in [0.1, 0.15) is 0 Å². The molecule has 0 spiro atoms. The Balaban J connectivity index is 3.20. The second-order valence-electron chi connectivity index (χ2n) is 3.12. The molecule has 0 aromatic heterocycles. The van der Waals surface area contributed by atoms with Crippen molar-refractivity contribution >= 4 is 11.5 Å². The van der Waals surface area contributed by atoms with Crippen LogP contribution in [-0.2, 0) is 0 Å². The van der Waals surface area contributed by atoms with Crippen molar-refractivity contribution < 1.29 is 9.90 Å². The Kier molecular flexibility index (Phi) is 2.52. The maximum Gasteiger partial charge on any atom is 0.335 e. The zero-order chi connectivity index (χ0) is 10.0. The third-order valence-electron chi connectivity index (χ3n) is 1.93. The number of aryl methyl sites for hydroxylation is 1. The van der Waals surface area contributed by atoms with Crippen LogP contribution in [0, 0.1) is 6.92 Å². The molecule has 68 valence electrons. The maximum absolute atomic E-state index is 10.6. The van der Waals surface area contributed by atoms with Crippen LogP contribution in [0.5, 0.6) is 0 Å². The van der Waals surface area contributed by atoms with Gasteiger partial charge < -0.3 is 5.11 Å². The van der Waals surface area contributed by atoms with Crippen LogP contribution in [-0.4, -0.2) is 11.1 Å². The van der Waals surface area contributed by atoms with Crippen molar-refractivity contribution in [1.82, 2.24) is 0 Å². The number of carboxylic acid groups (broad SMARTS) is 1. The third kappa shape index (κ3) is 1.96. The van der Waals surface area contributed by atoms with E-state index in [4.69, 9.17) is 5.11 Å². The SMILES string of the molecule is C=C(C)c1ccc(C(=O)O)cc1C. The monoisotopic (exact) mass is 176 g/mol. The molecule has 0 bridgehead atoms. The van der Waals surface area contributed by atoms with Gasteiger partial charge in [-0.15, -0.1) is 0 Å². The van der Waals surface area contributed by atoms with Crippen LogP contribution in [0.25, 0.3) is 5.57 Å². The first-order valence-corrected chi connectivity index (χ1v) is 4.02. The molecule has 0 unspecified atom stereocenters. The number of carbonyl (C=O) groups is 1. The highest BCUT2D eigenvalue weighted by molar-refractivity contribution is 5.88. The van der Waals surface area contributed by atoms with E-state index in [1.54, 1.807) is 18.2 Å². The Labute approximate surface area is 77.5 Å². The van der Waals surface area contributed by atoms with E-state index in [2.05, 4.69) is 6.58 Å². The highest BCUT2D eigenvalue weighted by atomic mass is 16.4. The number of carboxylic acids is 1. The molecule has 0 fully saturated rings.